The third-order valence-corrected chi connectivity index (χ3v) is 6.67. The van der Waals surface area contributed by atoms with E-state index in [1.807, 2.05) is 41.5 Å². The number of Topliss-reactive ketones (excluding diaryl/α,β-unsaturated/α-hetero) is 3. The molecule has 192 valence electrons. The highest BCUT2D eigenvalue weighted by molar-refractivity contribution is 5.83. The first-order valence-corrected chi connectivity index (χ1v) is 12.9. The molecule has 0 atom stereocenters. The summed E-state index contributed by atoms with van der Waals surface area (Å²) in [6.45, 7) is 23.9. The highest BCUT2D eigenvalue weighted by atomic mass is 16.1. The number of carbonyl (C=O) groups is 3. The number of ketones is 3. The van der Waals surface area contributed by atoms with Gasteiger partial charge in [-0.1, -0.05) is 41.5 Å². The maximum atomic E-state index is 12.5. The number of hydrogen-bond acceptors (Lipinski definition) is 7. The monoisotopic (exact) mass is 466 g/mol. The van der Waals surface area contributed by atoms with Gasteiger partial charge in [0.25, 0.3) is 0 Å². The maximum Gasteiger partial charge on any atom is 0.149 e. The van der Waals surface area contributed by atoms with Gasteiger partial charge in [0.2, 0.25) is 0 Å². The molecule has 1 fully saturated rings. The van der Waals surface area contributed by atoms with Crippen LogP contribution in [0.3, 0.4) is 0 Å². The topological polar surface area (TPSA) is 64.2 Å². The van der Waals surface area contributed by atoms with E-state index in [4.69, 9.17) is 0 Å². The molecule has 7 nitrogen and oxygen atoms in total. The highest BCUT2D eigenvalue weighted by Crippen LogP contribution is 2.07. The van der Waals surface area contributed by atoms with Crippen LogP contribution in [-0.4, -0.2) is 115 Å². The fourth-order valence-electron chi connectivity index (χ4n) is 3.75. The van der Waals surface area contributed by atoms with Gasteiger partial charge in [-0.25, -0.2) is 0 Å². The first-order valence-electron chi connectivity index (χ1n) is 12.9. The molecule has 1 heterocycles. The second kappa shape index (κ2) is 15.0. The van der Waals surface area contributed by atoms with Crippen molar-refractivity contribution in [3.05, 3.63) is 0 Å². The molecular formula is C26H50N4O3. The lowest BCUT2D eigenvalue weighted by Gasteiger charge is -2.35. The van der Waals surface area contributed by atoms with Gasteiger partial charge in [0, 0.05) is 76.2 Å². The maximum absolute atomic E-state index is 12.5. The second-order valence-electron chi connectivity index (χ2n) is 10.8. The molecule has 0 N–H and O–H groups in total. The van der Waals surface area contributed by atoms with Crippen molar-refractivity contribution in [2.24, 2.45) is 17.8 Å². The number of nitrogens with zero attached hydrogens (tertiary/aromatic N) is 4. The van der Waals surface area contributed by atoms with Gasteiger partial charge < -0.3 is 0 Å². The molecule has 0 aromatic carbocycles. The minimum atomic E-state index is 0.00299. The molecule has 0 bridgehead atoms. The van der Waals surface area contributed by atoms with Crippen molar-refractivity contribution in [1.29, 1.82) is 0 Å². The Labute approximate surface area is 202 Å². The Morgan fingerprint density at radius 1 is 0.485 bits per heavy atom. The van der Waals surface area contributed by atoms with Gasteiger partial charge in [0.05, 0.1) is 19.6 Å². The summed E-state index contributed by atoms with van der Waals surface area (Å²) in [4.78, 5) is 46.7. The van der Waals surface area contributed by atoms with E-state index < -0.39 is 0 Å². The molecule has 1 aliphatic heterocycles. The molecule has 1 rings (SSSR count). The van der Waals surface area contributed by atoms with Crippen LogP contribution in [0.25, 0.3) is 0 Å². The van der Waals surface area contributed by atoms with Crippen molar-refractivity contribution in [1.82, 2.24) is 19.6 Å². The van der Waals surface area contributed by atoms with Crippen molar-refractivity contribution in [3.63, 3.8) is 0 Å². The van der Waals surface area contributed by atoms with E-state index in [1.165, 1.54) is 0 Å². The van der Waals surface area contributed by atoms with E-state index >= 15 is 0 Å². The zero-order valence-corrected chi connectivity index (χ0v) is 22.6. The molecular weight excluding hydrogens is 416 g/mol. The molecule has 0 amide bonds. The Kier molecular flexibility index (Phi) is 13.6. The minimum absolute atomic E-state index is 0.00299. The van der Waals surface area contributed by atoms with Crippen LogP contribution in [0.2, 0.25) is 0 Å². The minimum Gasteiger partial charge on any atom is -0.298 e. The van der Waals surface area contributed by atoms with Crippen LogP contribution in [0.5, 0.6) is 0 Å². The van der Waals surface area contributed by atoms with Crippen molar-refractivity contribution < 1.29 is 14.4 Å². The van der Waals surface area contributed by atoms with Gasteiger partial charge in [0.1, 0.15) is 17.3 Å². The van der Waals surface area contributed by atoms with Crippen molar-refractivity contribution in [3.8, 4) is 0 Å². The van der Waals surface area contributed by atoms with Crippen LogP contribution in [0.4, 0.5) is 0 Å². The smallest absolute Gasteiger partial charge is 0.149 e. The van der Waals surface area contributed by atoms with Crippen LogP contribution in [0.1, 0.15) is 55.4 Å². The van der Waals surface area contributed by atoms with Crippen LogP contribution in [-0.2, 0) is 14.4 Å². The first-order chi connectivity index (χ1) is 15.4. The summed E-state index contributed by atoms with van der Waals surface area (Å²) >= 11 is 0. The predicted molar refractivity (Wildman–Crippen MR) is 136 cm³/mol. The van der Waals surface area contributed by atoms with Gasteiger partial charge in [-0.05, 0) is 13.8 Å². The fourth-order valence-corrected chi connectivity index (χ4v) is 3.75. The molecule has 1 saturated heterocycles. The highest BCUT2D eigenvalue weighted by Gasteiger charge is 2.22. The quantitative estimate of drug-likeness (QED) is 0.489. The van der Waals surface area contributed by atoms with E-state index in [0.29, 0.717) is 25.7 Å². The van der Waals surface area contributed by atoms with Gasteiger partial charge >= 0.3 is 0 Å². The fraction of sp³-hybridized carbons (Fsp3) is 0.885. The van der Waals surface area contributed by atoms with Crippen LogP contribution < -0.4 is 0 Å². The van der Waals surface area contributed by atoms with Crippen LogP contribution >= 0.6 is 0 Å². The van der Waals surface area contributed by atoms with Crippen LogP contribution in [0.15, 0.2) is 0 Å². The van der Waals surface area contributed by atoms with E-state index in [2.05, 4.69) is 33.4 Å². The molecule has 7 heteroatoms. The lowest BCUT2D eigenvalue weighted by atomic mass is 10.1. The Morgan fingerprint density at radius 3 is 0.939 bits per heavy atom. The molecule has 0 aromatic heterocycles. The predicted octanol–water partition coefficient (Wildman–Crippen LogP) is 2.29. The molecule has 33 heavy (non-hydrogen) atoms. The molecule has 0 aliphatic carbocycles. The van der Waals surface area contributed by atoms with E-state index in [-0.39, 0.29) is 35.1 Å². The first kappa shape index (κ1) is 29.9. The number of carbonyl (C=O) groups excluding carboxylic acids is 3. The summed E-state index contributed by atoms with van der Waals surface area (Å²) in [5, 5.41) is 0. The van der Waals surface area contributed by atoms with E-state index in [1.54, 1.807) is 0 Å². The number of hydrogen-bond donors (Lipinski definition) is 0. The molecule has 0 radical (unpaired) electrons. The summed E-state index contributed by atoms with van der Waals surface area (Å²) in [5.41, 5.74) is 0. The zero-order chi connectivity index (χ0) is 25.1. The van der Waals surface area contributed by atoms with Gasteiger partial charge in [-0.3, -0.25) is 34.0 Å². The number of rotatable bonds is 10. The average molecular weight is 467 g/mol. The van der Waals surface area contributed by atoms with E-state index in [0.717, 1.165) is 52.4 Å². The zero-order valence-electron chi connectivity index (χ0n) is 22.6. The van der Waals surface area contributed by atoms with Crippen molar-refractivity contribution >= 4 is 17.3 Å². The summed E-state index contributed by atoms with van der Waals surface area (Å²) < 4.78 is 0. The van der Waals surface area contributed by atoms with Gasteiger partial charge in [-0.2, -0.15) is 0 Å². The van der Waals surface area contributed by atoms with Crippen molar-refractivity contribution in [2.75, 3.05) is 72.0 Å². The normalized spacial score (nSPS) is 19.3. The largest absolute Gasteiger partial charge is 0.298 e. The lowest BCUT2D eigenvalue weighted by molar-refractivity contribution is -0.125. The third-order valence-electron chi connectivity index (χ3n) is 6.67. The van der Waals surface area contributed by atoms with Crippen LogP contribution in [0, 0.1) is 17.8 Å². The average Bonchev–Trinajstić information content (AvgIpc) is 2.72. The SMILES string of the molecule is CC(C)C(=O)CN1CCN(CC(=O)C(C)C)CCN(C(C)C)CCN(CC(=O)C(C)C)CC1. The standard InChI is InChI=1S/C26H50N4O3/c1-20(2)24(31)17-27-9-11-28(18-25(32)21(3)4)13-15-30(23(7)8)16-14-29(12-10-27)19-26(33)22(5)6/h20-23H,9-19H2,1-8H3. The Bertz CT molecular complexity index is 581. The summed E-state index contributed by atoms with van der Waals surface area (Å²) in [6.07, 6.45) is 0. The van der Waals surface area contributed by atoms with Crippen molar-refractivity contribution in [2.45, 2.75) is 61.4 Å². The molecule has 1 aliphatic rings. The Morgan fingerprint density at radius 2 is 0.727 bits per heavy atom. The third kappa shape index (κ3) is 11.7. The lowest BCUT2D eigenvalue weighted by Crippen LogP contribution is -2.50. The Balaban J connectivity index is 3.03. The summed E-state index contributed by atoms with van der Waals surface area (Å²) in [6, 6.07) is 0.401. The molecule has 0 aromatic rings. The summed E-state index contributed by atoms with van der Waals surface area (Å²) in [7, 11) is 0. The van der Waals surface area contributed by atoms with Gasteiger partial charge in [0.15, 0.2) is 0 Å². The summed E-state index contributed by atoms with van der Waals surface area (Å²) in [5.74, 6) is 0.824. The molecule has 0 saturated carbocycles. The Hall–Kier alpha value is -1.15. The van der Waals surface area contributed by atoms with Gasteiger partial charge in [-0.15, -0.1) is 0 Å². The molecule has 0 spiro atoms. The molecule has 0 unspecified atom stereocenters. The van der Waals surface area contributed by atoms with E-state index in [9.17, 15) is 14.4 Å². The second-order valence-corrected chi connectivity index (χ2v) is 10.8.